The Bertz CT molecular complexity index is 1840. The molecule has 0 saturated carbocycles. The lowest BCUT2D eigenvalue weighted by atomic mass is 9.87. The van der Waals surface area contributed by atoms with Crippen LogP contribution in [-0.2, 0) is 48.2 Å². The fourth-order valence-corrected chi connectivity index (χ4v) is 7.21. The Labute approximate surface area is 326 Å². The third kappa shape index (κ3) is 9.46. The van der Waals surface area contributed by atoms with Gasteiger partial charge in [0.1, 0.15) is 48.2 Å². The molecule has 0 bridgehead atoms. The van der Waals surface area contributed by atoms with Gasteiger partial charge >= 0.3 is 17.9 Å². The van der Waals surface area contributed by atoms with Crippen LogP contribution >= 0.6 is 0 Å². The number of Topliss-reactive ketones (excluding diaryl/α,β-unsaturated/α-hetero) is 1. The van der Waals surface area contributed by atoms with Gasteiger partial charge < -0.3 is 33.9 Å². The first-order valence-electron chi connectivity index (χ1n) is 19.2. The van der Waals surface area contributed by atoms with Gasteiger partial charge in [-0.05, 0) is 36.1 Å². The van der Waals surface area contributed by atoms with Crippen molar-refractivity contribution in [2.75, 3.05) is 19.8 Å². The summed E-state index contributed by atoms with van der Waals surface area (Å²) in [7, 11) is 0. The lowest BCUT2D eigenvalue weighted by Crippen LogP contribution is -2.37. The van der Waals surface area contributed by atoms with Crippen molar-refractivity contribution in [3.05, 3.63) is 130 Å². The number of hydrogen-bond donors (Lipinski definition) is 2. The highest BCUT2D eigenvalue weighted by Gasteiger charge is 2.49. The van der Waals surface area contributed by atoms with E-state index in [1.165, 1.54) is 0 Å². The summed E-state index contributed by atoms with van der Waals surface area (Å²) >= 11 is 0. The minimum Gasteiger partial charge on any atom is -0.488 e. The average molecular weight is 765 g/mol. The fraction of sp³-hybridized carbons (Fsp3) is 0.378. The topological polar surface area (TPSA) is 155 Å². The molecular weight excluding hydrogens is 716 g/mol. The number of carbonyl (C=O) groups is 4. The van der Waals surface area contributed by atoms with E-state index in [0.717, 1.165) is 36.8 Å². The van der Waals surface area contributed by atoms with Crippen LogP contribution in [0.4, 0.5) is 0 Å². The number of unbranched alkanes of at least 4 members (excludes halogenated alkanes) is 5. The SMILES string of the molecule is O=C(CCCCCCCCC(=O)OC[C@@]1(CO)OC(=O)c2c(OCc3ccccc3)cccc21)CC[C@@]1(CO)OC(=O)c2c(OCc3ccccc3)cccc21. The minimum atomic E-state index is -1.50. The summed E-state index contributed by atoms with van der Waals surface area (Å²) in [5.74, 6) is -0.914. The number of carbonyl (C=O) groups excluding carboxylic acids is 4. The fourth-order valence-electron chi connectivity index (χ4n) is 7.21. The highest BCUT2D eigenvalue weighted by atomic mass is 16.6. The van der Waals surface area contributed by atoms with Gasteiger partial charge in [0.15, 0.2) is 11.2 Å². The van der Waals surface area contributed by atoms with Crippen molar-refractivity contribution in [2.24, 2.45) is 0 Å². The Kier molecular flexibility index (Phi) is 13.5. The van der Waals surface area contributed by atoms with Gasteiger partial charge in [0.05, 0.1) is 13.2 Å². The number of ketones is 1. The molecule has 2 heterocycles. The molecule has 0 fully saturated rings. The lowest BCUT2D eigenvalue weighted by Gasteiger charge is -2.26. The van der Waals surface area contributed by atoms with Crippen molar-refractivity contribution in [1.82, 2.24) is 0 Å². The van der Waals surface area contributed by atoms with Crippen molar-refractivity contribution in [1.29, 1.82) is 0 Å². The molecule has 0 amide bonds. The van der Waals surface area contributed by atoms with E-state index in [1.54, 1.807) is 36.4 Å². The standard InChI is InChI=1S/C45H48O11/c46-29-44(35-20-13-22-37(40(35)42(50)55-44)52-27-32-15-7-5-8-16-32)26-25-34(48)19-11-3-1-2-4-12-24-39(49)54-31-45(30-47)36-21-14-23-38(41(36)43(51)56-45)53-28-33-17-9-6-10-18-33/h5-10,13-18,20-23,46-47H,1-4,11-12,19,24-31H2/t44-,45+/m0/s1. The van der Waals surface area contributed by atoms with Gasteiger partial charge in [-0.1, -0.05) is 111 Å². The van der Waals surface area contributed by atoms with Gasteiger partial charge in [0.2, 0.25) is 0 Å². The van der Waals surface area contributed by atoms with E-state index in [9.17, 15) is 29.4 Å². The molecule has 0 aromatic heterocycles. The molecule has 2 aliphatic rings. The molecular formula is C45H48O11. The molecule has 4 aromatic carbocycles. The third-order valence-electron chi connectivity index (χ3n) is 10.4. The zero-order chi connectivity index (χ0) is 39.4. The van der Waals surface area contributed by atoms with E-state index in [4.69, 9.17) is 23.7 Å². The Morgan fingerprint density at radius 2 is 1.04 bits per heavy atom. The molecule has 0 unspecified atom stereocenters. The maximum absolute atomic E-state index is 12.9. The van der Waals surface area contributed by atoms with Gasteiger partial charge in [-0.2, -0.15) is 0 Å². The molecule has 0 radical (unpaired) electrons. The summed E-state index contributed by atoms with van der Waals surface area (Å²) in [5, 5.41) is 20.6. The summed E-state index contributed by atoms with van der Waals surface area (Å²) in [6, 6.07) is 29.4. The number of cyclic esters (lactones) is 2. The van der Waals surface area contributed by atoms with Crippen molar-refractivity contribution >= 4 is 23.7 Å². The highest BCUT2D eigenvalue weighted by molar-refractivity contribution is 5.98. The van der Waals surface area contributed by atoms with E-state index in [1.807, 2.05) is 60.7 Å². The molecule has 0 saturated heterocycles. The molecule has 2 atom stereocenters. The Morgan fingerprint density at radius 1 is 0.554 bits per heavy atom. The summed E-state index contributed by atoms with van der Waals surface area (Å²) < 4.78 is 28.7. The minimum absolute atomic E-state index is 0.0358. The number of rotatable bonds is 22. The third-order valence-corrected chi connectivity index (χ3v) is 10.4. The zero-order valence-corrected chi connectivity index (χ0v) is 31.4. The maximum Gasteiger partial charge on any atom is 0.343 e. The van der Waals surface area contributed by atoms with Crippen LogP contribution in [0.1, 0.15) is 107 Å². The Hall–Kier alpha value is -5.52. The first-order chi connectivity index (χ1) is 27.3. The quantitative estimate of drug-likeness (QED) is 0.0472. The second kappa shape index (κ2) is 18.9. The van der Waals surface area contributed by atoms with Crippen LogP contribution in [0.5, 0.6) is 11.5 Å². The molecule has 2 aliphatic heterocycles. The van der Waals surface area contributed by atoms with Crippen LogP contribution in [0.3, 0.4) is 0 Å². The highest BCUT2D eigenvalue weighted by Crippen LogP contribution is 2.44. The zero-order valence-electron chi connectivity index (χ0n) is 31.4. The van der Waals surface area contributed by atoms with Crippen molar-refractivity contribution in [3.8, 4) is 11.5 Å². The monoisotopic (exact) mass is 764 g/mol. The predicted octanol–water partition coefficient (Wildman–Crippen LogP) is 7.27. The molecule has 6 rings (SSSR count). The number of ether oxygens (including phenoxy) is 5. The second-order valence-corrected chi connectivity index (χ2v) is 14.3. The van der Waals surface area contributed by atoms with Crippen molar-refractivity contribution < 1.29 is 53.1 Å². The predicted molar refractivity (Wildman–Crippen MR) is 205 cm³/mol. The van der Waals surface area contributed by atoms with Gasteiger partial charge in [-0.3, -0.25) is 9.59 Å². The van der Waals surface area contributed by atoms with Crippen LogP contribution in [0.25, 0.3) is 0 Å². The van der Waals surface area contributed by atoms with Gasteiger partial charge in [0, 0.05) is 36.8 Å². The molecule has 4 aromatic rings. The van der Waals surface area contributed by atoms with Crippen LogP contribution in [0, 0.1) is 0 Å². The molecule has 294 valence electrons. The summed E-state index contributed by atoms with van der Waals surface area (Å²) in [6.45, 7) is -0.781. The van der Waals surface area contributed by atoms with E-state index < -0.39 is 42.3 Å². The van der Waals surface area contributed by atoms with E-state index >= 15 is 0 Å². The van der Waals surface area contributed by atoms with E-state index in [0.29, 0.717) is 41.9 Å². The average Bonchev–Trinajstić information content (AvgIpc) is 3.70. The van der Waals surface area contributed by atoms with Crippen LogP contribution < -0.4 is 9.47 Å². The molecule has 0 aliphatic carbocycles. The van der Waals surface area contributed by atoms with Gasteiger partial charge in [0.25, 0.3) is 0 Å². The van der Waals surface area contributed by atoms with Gasteiger partial charge in [-0.15, -0.1) is 0 Å². The molecule has 2 N–H and O–H groups in total. The van der Waals surface area contributed by atoms with Crippen LogP contribution in [0.15, 0.2) is 97.1 Å². The lowest BCUT2D eigenvalue weighted by molar-refractivity contribution is -0.154. The molecule has 56 heavy (non-hydrogen) atoms. The molecule has 11 nitrogen and oxygen atoms in total. The summed E-state index contributed by atoms with van der Waals surface area (Å²) in [4.78, 5) is 51.3. The number of benzene rings is 4. The van der Waals surface area contributed by atoms with E-state index in [-0.39, 0.29) is 56.0 Å². The number of aliphatic hydroxyl groups excluding tert-OH is 2. The number of hydrogen-bond acceptors (Lipinski definition) is 11. The molecule has 0 spiro atoms. The first kappa shape index (κ1) is 40.2. The number of esters is 3. The normalized spacial score (nSPS) is 18.1. The first-order valence-corrected chi connectivity index (χ1v) is 19.2. The number of aliphatic hydroxyl groups is 2. The van der Waals surface area contributed by atoms with E-state index in [2.05, 4.69) is 0 Å². The van der Waals surface area contributed by atoms with Crippen LogP contribution in [-0.4, -0.2) is 53.7 Å². The Morgan fingerprint density at radius 3 is 1.57 bits per heavy atom. The number of fused-ring (bicyclic) bond motifs is 2. The van der Waals surface area contributed by atoms with Crippen molar-refractivity contribution in [2.45, 2.75) is 88.6 Å². The smallest absolute Gasteiger partial charge is 0.343 e. The van der Waals surface area contributed by atoms with Crippen LogP contribution in [0.2, 0.25) is 0 Å². The van der Waals surface area contributed by atoms with Gasteiger partial charge in [-0.25, -0.2) is 9.59 Å². The summed E-state index contributed by atoms with van der Waals surface area (Å²) in [5.41, 5.74) is 0.545. The largest absolute Gasteiger partial charge is 0.488 e. The molecule has 11 heteroatoms. The van der Waals surface area contributed by atoms with Crippen molar-refractivity contribution in [3.63, 3.8) is 0 Å². The summed E-state index contributed by atoms with van der Waals surface area (Å²) in [6.07, 6.45) is 5.66. The Balaban J connectivity index is 0.871. The maximum atomic E-state index is 12.9. The second-order valence-electron chi connectivity index (χ2n) is 14.3.